The van der Waals surface area contributed by atoms with Crippen LogP contribution in [0.3, 0.4) is 0 Å². The lowest BCUT2D eigenvalue weighted by Gasteiger charge is -2.03. The number of nitrogens with zero attached hydrogens (tertiary/aromatic N) is 1. The fourth-order valence-corrected chi connectivity index (χ4v) is 1.69. The van der Waals surface area contributed by atoms with Crippen molar-refractivity contribution in [3.8, 4) is 0 Å². The summed E-state index contributed by atoms with van der Waals surface area (Å²) in [4.78, 5) is 10.2. The molecule has 0 saturated carbocycles. The third kappa shape index (κ3) is 3.18. The van der Waals surface area contributed by atoms with Gasteiger partial charge in [-0.25, -0.2) is 0 Å². The molecule has 0 radical (unpaired) electrons. The molecule has 18 heavy (non-hydrogen) atoms. The molecular formula is C13H14N2O3. The maximum atomic E-state index is 10.6. The molecule has 0 aliphatic heterocycles. The molecule has 5 nitrogen and oxygen atoms in total. The summed E-state index contributed by atoms with van der Waals surface area (Å²) in [5, 5.41) is 13.8. The van der Waals surface area contributed by atoms with Crippen molar-refractivity contribution < 1.29 is 9.34 Å². The van der Waals surface area contributed by atoms with Crippen LogP contribution in [0.5, 0.6) is 0 Å². The van der Waals surface area contributed by atoms with Crippen molar-refractivity contribution in [3.63, 3.8) is 0 Å². The van der Waals surface area contributed by atoms with Crippen LogP contribution in [0.2, 0.25) is 0 Å². The fourth-order valence-electron chi connectivity index (χ4n) is 1.69. The van der Waals surface area contributed by atoms with E-state index in [9.17, 15) is 10.1 Å². The minimum absolute atomic E-state index is 0.114. The lowest BCUT2D eigenvalue weighted by Crippen LogP contribution is -2.12. The second kappa shape index (κ2) is 5.46. The first-order valence-electron chi connectivity index (χ1n) is 5.64. The second-order valence-corrected chi connectivity index (χ2v) is 4.04. The highest BCUT2D eigenvalue weighted by Crippen LogP contribution is 2.13. The monoisotopic (exact) mass is 246 g/mol. The Morgan fingerprint density at radius 1 is 1.28 bits per heavy atom. The van der Waals surface area contributed by atoms with E-state index in [0.29, 0.717) is 13.1 Å². The number of hydrogen-bond acceptors (Lipinski definition) is 4. The summed E-state index contributed by atoms with van der Waals surface area (Å²) in [5.41, 5.74) is 0.996. The van der Waals surface area contributed by atoms with E-state index < -0.39 is 0 Å². The van der Waals surface area contributed by atoms with Crippen molar-refractivity contribution in [3.05, 3.63) is 63.6 Å². The highest BCUT2D eigenvalue weighted by molar-refractivity contribution is 5.34. The van der Waals surface area contributed by atoms with Crippen LogP contribution in [-0.2, 0) is 13.1 Å². The van der Waals surface area contributed by atoms with E-state index >= 15 is 0 Å². The van der Waals surface area contributed by atoms with Gasteiger partial charge in [-0.3, -0.25) is 10.1 Å². The van der Waals surface area contributed by atoms with Crippen molar-refractivity contribution in [1.29, 1.82) is 0 Å². The van der Waals surface area contributed by atoms with Gasteiger partial charge in [0.05, 0.1) is 11.5 Å². The lowest BCUT2D eigenvalue weighted by molar-refractivity contribution is -0.384. The number of nitro groups is 1. The first-order chi connectivity index (χ1) is 8.65. The molecule has 0 aliphatic rings. The van der Waals surface area contributed by atoms with Crippen LogP contribution in [-0.4, -0.2) is 4.92 Å². The zero-order valence-electron chi connectivity index (χ0n) is 10.1. The van der Waals surface area contributed by atoms with Gasteiger partial charge in [0, 0.05) is 18.7 Å². The highest BCUT2D eigenvalue weighted by atomic mass is 16.6. The molecule has 2 rings (SSSR count). The molecule has 1 heterocycles. The van der Waals surface area contributed by atoms with Crippen molar-refractivity contribution >= 4 is 5.69 Å². The maximum Gasteiger partial charge on any atom is 0.269 e. The predicted molar refractivity (Wildman–Crippen MR) is 67.1 cm³/mol. The van der Waals surface area contributed by atoms with Gasteiger partial charge in [-0.2, -0.15) is 0 Å². The Hall–Kier alpha value is -2.14. The van der Waals surface area contributed by atoms with Crippen molar-refractivity contribution in [2.45, 2.75) is 20.0 Å². The number of nitrogens with one attached hydrogen (secondary N) is 1. The van der Waals surface area contributed by atoms with Gasteiger partial charge in [0.2, 0.25) is 0 Å². The topological polar surface area (TPSA) is 68.3 Å². The molecule has 0 amide bonds. The molecule has 1 N–H and O–H groups in total. The SMILES string of the molecule is Cc1ccc(CNCc2cccc([N+](=O)[O-])c2)o1. The molecule has 2 aromatic rings. The van der Waals surface area contributed by atoms with Crippen molar-refractivity contribution in [2.24, 2.45) is 0 Å². The zero-order valence-corrected chi connectivity index (χ0v) is 10.1. The van der Waals surface area contributed by atoms with Crippen molar-refractivity contribution in [1.82, 2.24) is 5.32 Å². The molecule has 0 bridgehead atoms. The van der Waals surface area contributed by atoms with E-state index in [1.165, 1.54) is 6.07 Å². The minimum atomic E-state index is -0.389. The number of benzene rings is 1. The first kappa shape index (κ1) is 12.3. The van der Waals surface area contributed by atoms with Gasteiger partial charge in [-0.15, -0.1) is 0 Å². The number of rotatable bonds is 5. The summed E-state index contributed by atoms with van der Waals surface area (Å²) in [5.74, 6) is 1.74. The molecule has 0 unspecified atom stereocenters. The Morgan fingerprint density at radius 3 is 2.78 bits per heavy atom. The molecule has 94 valence electrons. The summed E-state index contributed by atoms with van der Waals surface area (Å²) in [7, 11) is 0. The molecule has 0 aliphatic carbocycles. The second-order valence-electron chi connectivity index (χ2n) is 4.04. The number of hydrogen-bond donors (Lipinski definition) is 1. The first-order valence-corrected chi connectivity index (χ1v) is 5.64. The Balaban J connectivity index is 1.90. The van der Waals surface area contributed by atoms with E-state index in [-0.39, 0.29) is 10.6 Å². The summed E-state index contributed by atoms with van der Waals surface area (Å²) >= 11 is 0. The summed E-state index contributed by atoms with van der Waals surface area (Å²) in [6.07, 6.45) is 0. The van der Waals surface area contributed by atoms with Crippen LogP contribution in [0.4, 0.5) is 5.69 Å². The third-order valence-corrected chi connectivity index (χ3v) is 2.55. The molecule has 1 aromatic heterocycles. The van der Waals surface area contributed by atoms with Gasteiger partial charge in [0.25, 0.3) is 5.69 Å². The fraction of sp³-hybridized carbons (Fsp3) is 0.231. The van der Waals surface area contributed by atoms with Crippen LogP contribution in [0, 0.1) is 17.0 Å². The third-order valence-electron chi connectivity index (χ3n) is 2.55. The van der Waals surface area contributed by atoms with E-state index in [1.807, 2.05) is 25.1 Å². The van der Waals surface area contributed by atoms with E-state index in [4.69, 9.17) is 4.42 Å². The largest absolute Gasteiger partial charge is 0.465 e. The summed E-state index contributed by atoms with van der Waals surface area (Å²) < 4.78 is 5.41. The zero-order chi connectivity index (χ0) is 13.0. The Morgan fingerprint density at radius 2 is 2.11 bits per heavy atom. The average molecular weight is 246 g/mol. The van der Waals surface area contributed by atoms with Gasteiger partial charge in [-0.05, 0) is 24.6 Å². The molecule has 1 aromatic carbocycles. The van der Waals surface area contributed by atoms with Crippen LogP contribution >= 0.6 is 0 Å². The summed E-state index contributed by atoms with van der Waals surface area (Å²) in [6, 6.07) is 10.4. The average Bonchev–Trinajstić information content (AvgIpc) is 2.75. The smallest absolute Gasteiger partial charge is 0.269 e. The molecule has 0 saturated heterocycles. The van der Waals surface area contributed by atoms with Crippen LogP contribution in [0.25, 0.3) is 0 Å². The number of aryl methyl sites for hydroxylation is 1. The molecule has 0 spiro atoms. The minimum Gasteiger partial charge on any atom is -0.465 e. The number of furan rings is 1. The highest BCUT2D eigenvalue weighted by Gasteiger charge is 2.05. The lowest BCUT2D eigenvalue weighted by atomic mass is 10.2. The van der Waals surface area contributed by atoms with Gasteiger partial charge in [-0.1, -0.05) is 12.1 Å². The summed E-state index contributed by atoms with van der Waals surface area (Å²) in [6.45, 7) is 3.07. The molecule has 0 atom stereocenters. The predicted octanol–water partition coefficient (Wildman–Crippen LogP) is 2.79. The van der Waals surface area contributed by atoms with Gasteiger partial charge >= 0.3 is 0 Å². The van der Waals surface area contributed by atoms with Crippen LogP contribution in [0.1, 0.15) is 17.1 Å². The van der Waals surface area contributed by atoms with E-state index in [2.05, 4.69) is 5.32 Å². The normalized spacial score (nSPS) is 10.5. The molecule has 5 heteroatoms. The Labute approximate surface area is 105 Å². The van der Waals surface area contributed by atoms with Gasteiger partial charge in [0.1, 0.15) is 11.5 Å². The van der Waals surface area contributed by atoms with Gasteiger partial charge < -0.3 is 9.73 Å². The molecule has 0 fully saturated rings. The Kier molecular flexibility index (Phi) is 3.74. The standard InChI is InChI=1S/C13H14N2O3/c1-10-5-6-13(18-10)9-14-8-11-3-2-4-12(7-11)15(16)17/h2-7,14H,8-9H2,1H3. The Bertz CT molecular complexity index is 549. The van der Waals surface area contributed by atoms with E-state index in [1.54, 1.807) is 12.1 Å². The number of non-ortho nitro benzene ring substituents is 1. The van der Waals surface area contributed by atoms with E-state index in [0.717, 1.165) is 17.1 Å². The number of nitro benzene ring substituents is 1. The quantitative estimate of drug-likeness (QED) is 0.650. The van der Waals surface area contributed by atoms with Crippen LogP contribution < -0.4 is 5.32 Å². The molecular weight excluding hydrogens is 232 g/mol. The van der Waals surface area contributed by atoms with Gasteiger partial charge in [0.15, 0.2) is 0 Å². The van der Waals surface area contributed by atoms with Crippen LogP contribution in [0.15, 0.2) is 40.8 Å². The maximum absolute atomic E-state index is 10.6. The van der Waals surface area contributed by atoms with Crippen molar-refractivity contribution in [2.75, 3.05) is 0 Å².